The van der Waals surface area contributed by atoms with Gasteiger partial charge in [0.05, 0.1) is 17.6 Å². The van der Waals surface area contributed by atoms with Crippen LogP contribution in [-0.2, 0) is 11.0 Å². The van der Waals surface area contributed by atoms with Gasteiger partial charge in [0.25, 0.3) is 0 Å². The first kappa shape index (κ1) is 22.7. The molecule has 10 heteroatoms. The summed E-state index contributed by atoms with van der Waals surface area (Å²) in [5.74, 6) is 2.00. The number of hydrogen-bond acceptors (Lipinski definition) is 5. The summed E-state index contributed by atoms with van der Waals surface area (Å²) in [6, 6.07) is 10.4. The number of amides is 1. The van der Waals surface area contributed by atoms with Crippen LogP contribution in [0.15, 0.2) is 36.4 Å². The minimum absolute atomic E-state index is 0.0125. The van der Waals surface area contributed by atoms with Crippen molar-refractivity contribution in [2.24, 2.45) is 0 Å². The molecule has 1 amide bonds. The molecule has 5 rings (SSSR count). The Bertz CT molecular complexity index is 968. The van der Waals surface area contributed by atoms with E-state index in [9.17, 15) is 18.0 Å². The number of halogens is 3. The Morgan fingerprint density at radius 1 is 1.12 bits per heavy atom. The molecule has 2 atom stereocenters. The first-order valence-electron chi connectivity index (χ1n) is 11.5. The fourth-order valence-electron chi connectivity index (χ4n) is 5.15. The second kappa shape index (κ2) is 9.31. The van der Waals surface area contributed by atoms with E-state index < -0.39 is 11.9 Å². The summed E-state index contributed by atoms with van der Waals surface area (Å²) >= 11 is 1.79. The van der Waals surface area contributed by atoms with Crippen molar-refractivity contribution in [2.45, 2.75) is 43.4 Å². The fourth-order valence-corrected chi connectivity index (χ4v) is 6.11. The number of hydrogen-bond donors (Lipinski definition) is 1. The second-order valence-corrected chi connectivity index (χ2v) is 10.1. The number of nitrogens with zero attached hydrogens (tertiary/aromatic N) is 4. The summed E-state index contributed by atoms with van der Waals surface area (Å²) in [6.45, 7) is 3.21. The molecule has 2 aromatic rings. The highest BCUT2D eigenvalue weighted by molar-refractivity contribution is 7.99. The summed E-state index contributed by atoms with van der Waals surface area (Å²) in [4.78, 5) is 17.0. The molecule has 178 valence electrons. The van der Waals surface area contributed by atoms with Gasteiger partial charge in [-0.1, -0.05) is 18.2 Å². The Balaban J connectivity index is 1.25. The van der Waals surface area contributed by atoms with Gasteiger partial charge in [-0.15, -0.1) is 11.8 Å². The number of nitrogens with one attached hydrogen (secondary N) is 1. The van der Waals surface area contributed by atoms with Gasteiger partial charge >= 0.3 is 6.18 Å². The molecule has 0 radical (unpaired) electrons. The molecule has 33 heavy (non-hydrogen) atoms. The lowest BCUT2D eigenvalue weighted by Crippen LogP contribution is -2.42. The van der Waals surface area contributed by atoms with Crippen LogP contribution in [0.5, 0.6) is 0 Å². The van der Waals surface area contributed by atoms with Crippen LogP contribution in [-0.4, -0.2) is 75.4 Å². The van der Waals surface area contributed by atoms with E-state index in [0.717, 1.165) is 57.1 Å². The topological polar surface area (TPSA) is 53.4 Å². The second-order valence-electron chi connectivity index (χ2n) is 9.00. The molecule has 1 N–H and O–H groups in total. The van der Waals surface area contributed by atoms with Gasteiger partial charge in [0.15, 0.2) is 5.69 Å². The van der Waals surface area contributed by atoms with Crippen molar-refractivity contribution < 1.29 is 18.0 Å². The fraction of sp³-hybridized carbons (Fsp3) is 0.565. The van der Waals surface area contributed by atoms with E-state index in [0.29, 0.717) is 17.4 Å². The van der Waals surface area contributed by atoms with Crippen LogP contribution in [0.1, 0.15) is 36.6 Å². The highest BCUT2D eigenvalue weighted by Crippen LogP contribution is 2.36. The zero-order chi connectivity index (χ0) is 23.0. The van der Waals surface area contributed by atoms with Gasteiger partial charge in [0, 0.05) is 36.5 Å². The van der Waals surface area contributed by atoms with E-state index >= 15 is 0 Å². The molecule has 0 spiro atoms. The molecule has 3 saturated heterocycles. The van der Waals surface area contributed by atoms with E-state index in [1.807, 2.05) is 23.1 Å². The lowest BCUT2D eigenvalue weighted by Gasteiger charge is -2.36. The van der Waals surface area contributed by atoms with Crippen molar-refractivity contribution in [3.63, 3.8) is 0 Å². The third-order valence-electron chi connectivity index (χ3n) is 6.96. The molecule has 0 saturated carbocycles. The number of piperidine rings is 1. The van der Waals surface area contributed by atoms with E-state index in [2.05, 4.69) is 15.3 Å². The van der Waals surface area contributed by atoms with Crippen LogP contribution in [0.2, 0.25) is 0 Å². The SMILES string of the molecule is O=C([C@@H]1C[C@H](N2CCC(c3cc(C(F)(F)F)nn3-c3ccccc3)CC2)CN1)N1CCSC1. The average Bonchev–Trinajstić information content (AvgIpc) is 3.60. The molecule has 3 fully saturated rings. The number of alkyl halides is 3. The van der Waals surface area contributed by atoms with Crippen LogP contribution in [0.25, 0.3) is 5.69 Å². The Morgan fingerprint density at radius 3 is 2.55 bits per heavy atom. The van der Waals surface area contributed by atoms with Crippen LogP contribution in [0.3, 0.4) is 0 Å². The molecule has 6 nitrogen and oxygen atoms in total. The van der Waals surface area contributed by atoms with Crippen LogP contribution in [0, 0.1) is 0 Å². The van der Waals surface area contributed by atoms with Gasteiger partial charge in [-0.05, 0) is 50.6 Å². The highest BCUT2D eigenvalue weighted by atomic mass is 32.2. The number of benzene rings is 1. The molecule has 0 bridgehead atoms. The number of aromatic nitrogens is 2. The van der Waals surface area contributed by atoms with Gasteiger partial charge in [-0.2, -0.15) is 18.3 Å². The minimum Gasteiger partial charge on any atom is -0.331 e. The minimum atomic E-state index is -4.47. The third-order valence-corrected chi connectivity index (χ3v) is 7.93. The highest BCUT2D eigenvalue weighted by Gasteiger charge is 2.39. The van der Waals surface area contributed by atoms with Crippen molar-refractivity contribution >= 4 is 17.7 Å². The van der Waals surface area contributed by atoms with E-state index in [1.165, 1.54) is 10.7 Å². The van der Waals surface area contributed by atoms with Gasteiger partial charge in [-0.3, -0.25) is 9.69 Å². The monoisotopic (exact) mass is 479 g/mol. The Labute approximate surface area is 195 Å². The number of rotatable bonds is 4. The summed E-state index contributed by atoms with van der Waals surface area (Å²) < 4.78 is 41.7. The summed E-state index contributed by atoms with van der Waals surface area (Å²) in [6.07, 6.45) is -2.13. The molecule has 1 aromatic heterocycles. The van der Waals surface area contributed by atoms with Gasteiger partial charge in [0.1, 0.15) is 0 Å². The summed E-state index contributed by atoms with van der Waals surface area (Å²) in [5, 5.41) is 7.31. The zero-order valence-electron chi connectivity index (χ0n) is 18.3. The molecule has 3 aliphatic heterocycles. The van der Waals surface area contributed by atoms with Crippen LogP contribution in [0.4, 0.5) is 13.2 Å². The Hall–Kier alpha value is -2.04. The average molecular weight is 480 g/mol. The smallest absolute Gasteiger partial charge is 0.331 e. The molecule has 0 unspecified atom stereocenters. The Kier molecular flexibility index (Phi) is 6.41. The van der Waals surface area contributed by atoms with Crippen molar-refractivity contribution in [3.8, 4) is 5.69 Å². The van der Waals surface area contributed by atoms with Crippen LogP contribution >= 0.6 is 11.8 Å². The normalized spacial score (nSPS) is 25.1. The molecule has 0 aliphatic carbocycles. The molecule has 1 aromatic carbocycles. The predicted molar refractivity (Wildman–Crippen MR) is 121 cm³/mol. The zero-order valence-corrected chi connectivity index (χ0v) is 19.1. The van der Waals surface area contributed by atoms with Crippen molar-refractivity contribution in [1.29, 1.82) is 0 Å². The summed E-state index contributed by atoms with van der Waals surface area (Å²) in [5.41, 5.74) is 0.425. The number of thioether (sulfide) groups is 1. The molecule has 4 heterocycles. The molecular weight excluding hydrogens is 451 g/mol. The van der Waals surface area contributed by atoms with E-state index in [4.69, 9.17) is 0 Å². The quantitative estimate of drug-likeness (QED) is 0.729. The molecule has 3 aliphatic rings. The predicted octanol–water partition coefficient (Wildman–Crippen LogP) is 3.33. The Morgan fingerprint density at radius 2 is 1.88 bits per heavy atom. The largest absolute Gasteiger partial charge is 0.435 e. The molecular formula is C23H28F3N5OS. The summed E-state index contributed by atoms with van der Waals surface area (Å²) in [7, 11) is 0. The van der Waals surface area contributed by atoms with Gasteiger partial charge in [0.2, 0.25) is 5.91 Å². The van der Waals surface area contributed by atoms with E-state index in [1.54, 1.807) is 23.9 Å². The van der Waals surface area contributed by atoms with Gasteiger partial charge in [-0.25, -0.2) is 4.68 Å². The lowest BCUT2D eigenvalue weighted by atomic mass is 9.91. The maximum atomic E-state index is 13.4. The van der Waals surface area contributed by atoms with Crippen molar-refractivity contribution in [3.05, 3.63) is 47.8 Å². The van der Waals surface area contributed by atoms with Gasteiger partial charge < -0.3 is 10.2 Å². The van der Waals surface area contributed by atoms with Crippen LogP contribution < -0.4 is 5.32 Å². The number of carbonyl (C=O) groups is 1. The number of carbonyl (C=O) groups excluding carboxylic acids is 1. The first-order chi connectivity index (χ1) is 15.9. The first-order valence-corrected chi connectivity index (χ1v) is 12.6. The third kappa shape index (κ3) is 4.79. The standard InChI is InChI=1S/C23H28F3N5OS/c24-23(25,26)21-13-20(31(28-21)17-4-2-1-3-5-17)16-6-8-29(9-7-16)18-12-19(27-14-18)22(32)30-10-11-33-15-30/h1-5,13,16,18-19,27H,6-12,14-15H2/t18-,19-/m0/s1. The number of likely N-dealkylation sites (tertiary alicyclic amines) is 1. The lowest BCUT2D eigenvalue weighted by molar-refractivity contribution is -0.141. The van der Waals surface area contributed by atoms with Crippen molar-refractivity contribution in [1.82, 2.24) is 24.9 Å². The van der Waals surface area contributed by atoms with E-state index in [-0.39, 0.29) is 17.9 Å². The number of para-hydroxylation sites is 1. The maximum absolute atomic E-state index is 13.4. The maximum Gasteiger partial charge on any atom is 0.435 e. The van der Waals surface area contributed by atoms with Crippen molar-refractivity contribution in [2.75, 3.05) is 37.8 Å².